The minimum atomic E-state index is -0.384. The summed E-state index contributed by atoms with van der Waals surface area (Å²) in [4.78, 5) is 28.1. The number of rotatable bonds is 2. The first-order chi connectivity index (χ1) is 11.2. The largest absolute Gasteiger partial charge is 0.444 e. The Kier molecular flexibility index (Phi) is 4.65. The van der Waals surface area contributed by atoms with E-state index in [2.05, 4.69) is 0 Å². The summed E-state index contributed by atoms with van der Waals surface area (Å²) in [5, 5.41) is 0. The van der Waals surface area contributed by atoms with Crippen molar-refractivity contribution in [1.29, 1.82) is 0 Å². The van der Waals surface area contributed by atoms with Gasteiger partial charge in [0.05, 0.1) is 12.0 Å². The van der Waals surface area contributed by atoms with Crippen LogP contribution in [0.2, 0.25) is 0 Å². The average molecular weight is 314 g/mol. The second kappa shape index (κ2) is 6.86. The molecule has 5 heteroatoms. The first-order valence-corrected chi connectivity index (χ1v) is 8.11. The molecule has 0 radical (unpaired) electrons. The van der Waals surface area contributed by atoms with Crippen molar-refractivity contribution in [2.45, 2.75) is 38.3 Å². The molecule has 0 spiro atoms. The first-order valence-electron chi connectivity index (χ1n) is 8.11. The second-order valence-electron chi connectivity index (χ2n) is 6.15. The Morgan fingerprint density at radius 2 is 1.91 bits per heavy atom. The predicted molar refractivity (Wildman–Crippen MR) is 86.1 cm³/mol. The molecule has 2 aliphatic rings. The maximum atomic E-state index is 12.5. The first kappa shape index (κ1) is 15.6. The van der Waals surface area contributed by atoms with E-state index < -0.39 is 0 Å². The Balaban J connectivity index is 1.72. The number of carbonyl (C=O) groups excluding carboxylic acids is 2. The Bertz CT molecular complexity index is 600. The Morgan fingerprint density at radius 1 is 1.17 bits per heavy atom. The molecule has 0 aromatic heterocycles. The van der Waals surface area contributed by atoms with Gasteiger partial charge in [-0.15, -0.1) is 0 Å². The number of benzene rings is 1. The smallest absolute Gasteiger partial charge is 0.414 e. The van der Waals surface area contributed by atoms with Gasteiger partial charge < -0.3 is 9.64 Å². The van der Waals surface area contributed by atoms with E-state index in [4.69, 9.17) is 4.74 Å². The van der Waals surface area contributed by atoms with Gasteiger partial charge in [0.25, 0.3) is 0 Å². The van der Waals surface area contributed by atoms with Gasteiger partial charge >= 0.3 is 6.09 Å². The van der Waals surface area contributed by atoms with Gasteiger partial charge in [-0.25, -0.2) is 4.79 Å². The molecule has 1 aliphatic carbocycles. The molecule has 1 aromatic rings. The van der Waals surface area contributed by atoms with Crippen molar-refractivity contribution >= 4 is 12.0 Å². The van der Waals surface area contributed by atoms with Crippen LogP contribution in [-0.4, -0.2) is 34.9 Å². The maximum Gasteiger partial charge on any atom is 0.414 e. The summed E-state index contributed by atoms with van der Waals surface area (Å²) in [6, 6.07) is 9.51. The lowest BCUT2D eigenvalue weighted by molar-refractivity contribution is -0.133. The summed E-state index contributed by atoms with van der Waals surface area (Å²) in [6.07, 6.45) is 6.70. The summed E-state index contributed by atoms with van der Waals surface area (Å²) in [5.74, 6) is -0.0441. The quantitative estimate of drug-likeness (QED) is 0.842. The summed E-state index contributed by atoms with van der Waals surface area (Å²) < 4.78 is 5.45. The predicted octanol–water partition coefficient (Wildman–Crippen LogP) is 3.13. The second-order valence-corrected chi connectivity index (χ2v) is 6.15. The highest BCUT2D eigenvalue weighted by molar-refractivity contribution is 5.82. The lowest BCUT2D eigenvalue weighted by atomic mass is 9.83. The number of nitrogens with zero attached hydrogens (tertiary/aromatic N) is 2. The zero-order chi connectivity index (χ0) is 16.2. The third-order valence-corrected chi connectivity index (χ3v) is 4.62. The standard InChI is InChI=1S/C18H22N2O3/c1-19-11-12-20(16-10-6-5-9-15(16)17(19)21)18(22)23-13-14-7-3-2-4-8-14/h2-4,7-8,11-12,15-16H,5-6,9-10,13H2,1H3/t15-,16-/m1/s1. The molecule has 0 saturated heterocycles. The van der Waals surface area contributed by atoms with Crippen molar-refractivity contribution in [3.63, 3.8) is 0 Å². The monoisotopic (exact) mass is 314 g/mol. The normalized spacial score (nSPS) is 24.1. The van der Waals surface area contributed by atoms with Crippen molar-refractivity contribution < 1.29 is 14.3 Å². The Morgan fingerprint density at radius 3 is 2.70 bits per heavy atom. The van der Waals surface area contributed by atoms with Crippen LogP contribution in [0.3, 0.4) is 0 Å². The Hall–Kier alpha value is -2.30. The highest BCUT2D eigenvalue weighted by Gasteiger charge is 2.39. The third-order valence-electron chi connectivity index (χ3n) is 4.62. The topological polar surface area (TPSA) is 49.9 Å². The molecule has 1 aromatic carbocycles. The molecule has 122 valence electrons. The van der Waals surface area contributed by atoms with Gasteiger partial charge in [-0.3, -0.25) is 9.69 Å². The molecule has 0 unspecified atom stereocenters. The molecule has 0 N–H and O–H groups in total. The van der Waals surface area contributed by atoms with Crippen LogP contribution in [0.25, 0.3) is 0 Å². The van der Waals surface area contributed by atoms with Gasteiger partial charge in [-0.2, -0.15) is 0 Å². The lowest BCUT2D eigenvalue weighted by Crippen LogP contribution is -2.46. The molecule has 2 amide bonds. The van der Waals surface area contributed by atoms with Crippen LogP contribution >= 0.6 is 0 Å². The molecular formula is C18H22N2O3. The minimum Gasteiger partial charge on any atom is -0.444 e. The lowest BCUT2D eigenvalue weighted by Gasteiger charge is -2.35. The highest BCUT2D eigenvalue weighted by atomic mass is 16.6. The van der Waals surface area contributed by atoms with Crippen LogP contribution in [0.15, 0.2) is 42.7 Å². The summed E-state index contributed by atoms with van der Waals surface area (Å²) in [5.41, 5.74) is 0.952. The van der Waals surface area contributed by atoms with Crippen LogP contribution in [0.4, 0.5) is 4.79 Å². The van der Waals surface area contributed by atoms with E-state index in [1.807, 2.05) is 30.3 Å². The molecular weight excluding hydrogens is 292 g/mol. The number of fused-ring (bicyclic) bond motifs is 1. The van der Waals surface area contributed by atoms with Crippen molar-refractivity contribution in [3.8, 4) is 0 Å². The van der Waals surface area contributed by atoms with Crippen molar-refractivity contribution in [2.75, 3.05) is 7.05 Å². The summed E-state index contributed by atoms with van der Waals surface area (Å²) in [6.45, 7) is 0.241. The third kappa shape index (κ3) is 3.38. The number of hydrogen-bond acceptors (Lipinski definition) is 3. The fourth-order valence-electron chi connectivity index (χ4n) is 3.34. The van der Waals surface area contributed by atoms with Crippen molar-refractivity contribution in [2.24, 2.45) is 5.92 Å². The molecule has 1 heterocycles. The van der Waals surface area contributed by atoms with Crippen LogP contribution in [0, 0.1) is 5.92 Å². The van der Waals surface area contributed by atoms with Crippen LogP contribution in [0.1, 0.15) is 31.2 Å². The number of hydrogen-bond donors (Lipinski definition) is 0. The number of carbonyl (C=O) groups is 2. The molecule has 3 rings (SSSR count). The Labute approximate surface area is 136 Å². The van der Waals surface area contributed by atoms with E-state index >= 15 is 0 Å². The molecule has 23 heavy (non-hydrogen) atoms. The van der Waals surface area contributed by atoms with E-state index in [1.165, 1.54) is 0 Å². The van der Waals surface area contributed by atoms with E-state index in [1.54, 1.807) is 29.2 Å². The van der Waals surface area contributed by atoms with Gasteiger partial charge in [0, 0.05) is 19.4 Å². The zero-order valence-corrected chi connectivity index (χ0v) is 13.4. The fraction of sp³-hybridized carbons (Fsp3) is 0.444. The zero-order valence-electron chi connectivity index (χ0n) is 13.4. The molecule has 2 atom stereocenters. The minimum absolute atomic E-state index is 0.0873. The fourth-order valence-corrected chi connectivity index (χ4v) is 3.34. The SMILES string of the molecule is CN1C=CN(C(=O)OCc2ccccc2)[C@@H]2CCCC[C@H]2C1=O. The van der Waals surface area contributed by atoms with Gasteiger partial charge in [0.1, 0.15) is 6.61 Å². The molecule has 0 bridgehead atoms. The van der Waals surface area contributed by atoms with Crippen molar-refractivity contribution in [1.82, 2.24) is 9.80 Å². The summed E-state index contributed by atoms with van der Waals surface area (Å²) in [7, 11) is 1.74. The van der Waals surface area contributed by atoms with Gasteiger partial charge in [-0.1, -0.05) is 43.2 Å². The van der Waals surface area contributed by atoms with E-state index in [0.717, 1.165) is 31.2 Å². The molecule has 1 saturated carbocycles. The van der Waals surface area contributed by atoms with Gasteiger partial charge in [-0.05, 0) is 18.4 Å². The number of amides is 2. The maximum absolute atomic E-state index is 12.5. The highest BCUT2D eigenvalue weighted by Crippen LogP contribution is 2.32. The van der Waals surface area contributed by atoms with E-state index in [0.29, 0.717) is 0 Å². The van der Waals surface area contributed by atoms with Crippen LogP contribution in [-0.2, 0) is 16.1 Å². The number of ether oxygens (including phenoxy) is 1. The van der Waals surface area contributed by atoms with Crippen molar-refractivity contribution in [3.05, 3.63) is 48.3 Å². The van der Waals surface area contributed by atoms with E-state index in [9.17, 15) is 9.59 Å². The molecule has 5 nitrogen and oxygen atoms in total. The van der Waals surface area contributed by atoms with Gasteiger partial charge in [0.15, 0.2) is 0 Å². The summed E-state index contributed by atoms with van der Waals surface area (Å²) >= 11 is 0. The van der Waals surface area contributed by atoms with Gasteiger partial charge in [0.2, 0.25) is 5.91 Å². The molecule has 1 fully saturated rings. The van der Waals surface area contributed by atoms with Crippen LogP contribution in [0.5, 0.6) is 0 Å². The average Bonchev–Trinajstić information content (AvgIpc) is 2.72. The van der Waals surface area contributed by atoms with E-state index in [-0.39, 0.29) is 30.6 Å². The van der Waals surface area contributed by atoms with Crippen LogP contribution < -0.4 is 0 Å². The molecule has 1 aliphatic heterocycles.